The minimum Gasteiger partial charge on any atom is -0.465 e. The number of aromatic nitrogens is 1. The van der Waals surface area contributed by atoms with Crippen LogP contribution >= 0.6 is 11.3 Å². The summed E-state index contributed by atoms with van der Waals surface area (Å²) in [6, 6.07) is 8.25. The molecule has 3 rings (SSSR count). The fraction of sp³-hybridized carbons (Fsp3) is 0.421. The SMILES string of the molecule is CCc1nc(N=C(N)N)sc1-c1ccc(NCC2CCN(C(=O)O)CC2)cc1. The summed E-state index contributed by atoms with van der Waals surface area (Å²) in [4.78, 5) is 22.1. The molecule has 0 bridgehead atoms. The summed E-state index contributed by atoms with van der Waals surface area (Å²) in [5.74, 6) is 0.502. The highest BCUT2D eigenvalue weighted by Crippen LogP contribution is 2.35. The van der Waals surface area contributed by atoms with E-state index in [0.29, 0.717) is 24.1 Å². The van der Waals surface area contributed by atoms with Crippen LogP contribution in [0.1, 0.15) is 25.5 Å². The number of aryl methyl sites for hydroxylation is 1. The van der Waals surface area contributed by atoms with Gasteiger partial charge in [-0.15, -0.1) is 0 Å². The molecular weight excluding hydrogens is 376 g/mol. The summed E-state index contributed by atoms with van der Waals surface area (Å²) >= 11 is 1.48. The summed E-state index contributed by atoms with van der Waals surface area (Å²) in [5.41, 5.74) is 14.0. The maximum Gasteiger partial charge on any atom is 0.407 e. The van der Waals surface area contributed by atoms with E-state index in [1.54, 1.807) is 0 Å². The fourth-order valence-electron chi connectivity index (χ4n) is 3.29. The molecule has 1 aromatic heterocycles. The first-order chi connectivity index (χ1) is 13.5. The summed E-state index contributed by atoms with van der Waals surface area (Å²) in [6.45, 7) is 4.14. The zero-order valence-electron chi connectivity index (χ0n) is 15.9. The van der Waals surface area contributed by atoms with Gasteiger partial charge in [0.25, 0.3) is 0 Å². The highest BCUT2D eigenvalue weighted by molar-refractivity contribution is 7.18. The smallest absolute Gasteiger partial charge is 0.407 e. The van der Waals surface area contributed by atoms with Crippen molar-refractivity contribution in [1.29, 1.82) is 0 Å². The van der Waals surface area contributed by atoms with Crippen LogP contribution in [0, 0.1) is 5.92 Å². The molecule has 0 saturated carbocycles. The van der Waals surface area contributed by atoms with Gasteiger partial charge in [0.15, 0.2) is 5.96 Å². The van der Waals surface area contributed by atoms with Gasteiger partial charge < -0.3 is 26.8 Å². The average molecular weight is 403 g/mol. The van der Waals surface area contributed by atoms with Gasteiger partial charge in [-0.25, -0.2) is 9.78 Å². The van der Waals surface area contributed by atoms with Gasteiger partial charge in [-0.1, -0.05) is 30.4 Å². The van der Waals surface area contributed by atoms with Crippen molar-refractivity contribution in [3.8, 4) is 10.4 Å². The van der Waals surface area contributed by atoms with Gasteiger partial charge in [-0.05, 0) is 42.9 Å². The number of anilines is 1. The van der Waals surface area contributed by atoms with Crippen LogP contribution < -0.4 is 16.8 Å². The van der Waals surface area contributed by atoms with Crippen molar-refractivity contribution in [3.63, 3.8) is 0 Å². The largest absolute Gasteiger partial charge is 0.465 e. The Morgan fingerprint density at radius 1 is 1.32 bits per heavy atom. The highest BCUT2D eigenvalue weighted by atomic mass is 32.1. The number of carbonyl (C=O) groups is 1. The number of guanidine groups is 1. The lowest BCUT2D eigenvalue weighted by Crippen LogP contribution is -2.39. The van der Waals surface area contributed by atoms with Gasteiger partial charge in [-0.3, -0.25) is 0 Å². The number of nitrogens with one attached hydrogen (secondary N) is 1. The Balaban J connectivity index is 1.60. The van der Waals surface area contributed by atoms with Gasteiger partial charge in [0.1, 0.15) is 0 Å². The minimum atomic E-state index is -0.820. The number of carboxylic acid groups (broad SMARTS) is 1. The lowest BCUT2D eigenvalue weighted by Gasteiger charge is -2.30. The molecule has 1 aliphatic heterocycles. The maximum absolute atomic E-state index is 11.0. The minimum absolute atomic E-state index is 0.0108. The van der Waals surface area contributed by atoms with Crippen LogP contribution in [0.5, 0.6) is 0 Å². The van der Waals surface area contributed by atoms with Crippen LogP contribution in [0.4, 0.5) is 15.6 Å². The van der Waals surface area contributed by atoms with Crippen molar-refractivity contribution in [2.75, 3.05) is 25.0 Å². The van der Waals surface area contributed by atoms with Gasteiger partial charge in [0.2, 0.25) is 5.13 Å². The fourth-order valence-corrected chi connectivity index (χ4v) is 4.34. The first kappa shape index (κ1) is 19.9. The number of nitrogens with two attached hydrogens (primary N) is 2. The van der Waals surface area contributed by atoms with E-state index >= 15 is 0 Å². The molecule has 1 aliphatic rings. The third kappa shape index (κ3) is 4.92. The number of nitrogens with zero attached hydrogens (tertiary/aromatic N) is 3. The molecule has 2 heterocycles. The Morgan fingerprint density at radius 2 is 2.00 bits per heavy atom. The number of amides is 1. The zero-order chi connectivity index (χ0) is 20.1. The van der Waals surface area contributed by atoms with Crippen LogP contribution in [-0.4, -0.2) is 46.7 Å². The Morgan fingerprint density at radius 3 is 2.57 bits per heavy atom. The second-order valence-electron chi connectivity index (χ2n) is 6.83. The standard InChI is InChI=1S/C19H26N6O2S/c1-2-15-16(28-18(23-15)24-17(20)21)13-3-5-14(6-4-13)22-11-12-7-9-25(10-8-12)19(26)27/h3-6,12,22H,2,7-11H2,1H3,(H,26,27)(H4,20,21,23,24). The quantitative estimate of drug-likeness (QED) is 0.434. The Kier molecular flexibility index (Phi) is 6.35. The number of likely N-dealkylation sites (tertiary alicyclic amines) is 1. The number of rotatable bonds is 6. The van der Waals surface area contributed by atoms with Crippen molar-refractivity contribution in [3.05, 3.63) is 30.0 Å². The molecule has 1 amide bonds. The van der Waals surface area contributed by atoms with E-state index in [2.05, 4.69) is 46.5 Å². The van der Waals surface area contributed by atoms with E-state index in [-0.39, 0.29) is 5.96 Å². The lowest BCUT2D eigenvalue weighted by atomic mass is 9.97. The topological polar surface area (TPSA) is 130 Å². The van der Waals surface area contributed by atoms with Crippen molar-refractivity contribution in [1.82, 2.24) is 9.88 Å². The average Bonchev–Trinajstić information content (AvgIpc) is 3.09. The second-order valence-corrected chi connectivity index (χ2v) is 7.81. The zero-order valence-corrected chi connectivity index (χ0v) is 16.7. The first-order valence-electron chi connectivity index (χ1n) is 9.37. The molecule has 8 nitrogen and oxygen atoms in total. The number of thiazole rings is 1. The van der Waals surface area contributed by atoms with Crippen LogP contribution in [0.15, 0.2) is 29.3 Å². The Hall–Kier alpha value is -2.81. The molecule has 0 aliphatic carbocycles. The monoisotopic (exact) mass is 402 g/mol. The normalized spacial score (nSPS) is 14.7. The Bertz CT molecular complexity index is 837. The molecular formula is C19H26N6O2S. The summed E-state index contributed by atoms with van der Waals surface area (Å²) < 4.78 is 0. The van der Waals surface area contributed by atoms with Crippen molar-refractivity contribution >= 4 is 34.2 Å². The third-order valence-electron chi connectivity index (χ3n) is 4.87. The van der Waals surface area contributed by atoms with Crippen molar-refractivity contribution in [2.24, 2.45) is 22.4 Å². The number of piperidine rings is 1. The van der Waals surface area contributed by atoms with E-state index in [9.17, 15) is 4.79 Å². The van der Waals surface area contributed by atoms with E-state index in [4.69, 9.17) is 16.6 Å². The summed E-state index contributed by atoms with van der Waals surface area (Å²) in [5, 5.41) is 13.1. The number of aliphatic imine (C=N–C) groups is 1. The molecule has 1 saturated heterocycles. The van der Waals surface area contributed by atoms with E-state index < -0.39 is 6.09 Å². The van der Waals surface area contributed by atoms with Gasteiger partial charge in [0.05, 0.1) is 10.6 Å². The molecule has 1 aromatic carbocycles. The predicted molar refractivity (Wildman–Crippen MR) is 113 cm³/mol. The molecule has 6 N–H and O–H groups in total. The predicted octanol–water partition coefficient (Wildman–Crippen LogP) is 3.08. The van der Waals surface area contributed by atoms with Crippen molar-refractivity contribution in [2.45, 2.75) is 26.2 Å². The van der Waals surface area contributed by atoms with Gasteiger partial charge >= 0.3 is 6.09 Å². The molecule has 0 spiro atoms. The van der Waals surface area contributed by atoms with Crippen LogP contribution in [0.2, 0.25) is 0 Å². The van der Waals surface area contributed by atoms with Crippen LogP contribution in [0.3, 0.4) is 0 Å². The molecule has 28 heavy (non-hydrogen) atoms. The third-order valence-corrected chi connectivity index (χ3v) is 5.91. The van der Waals surface area contributed by atoms with Gasteiger partial charge in [0, 0.05) is 25.3 Å². The highest BCUT2D eigenvalue weighted by Gasteiger charge is 2.22. The van der Waals surface area contributed by atoms with E-state index in [1.807, 2.05) is 0 Å². The lowest BCUT2D eigenvalue weighted by molar-refractivity contribution is 0.126. The Labute approximate surface area is 168 Å². The summed E-state index contributed by atoms with van der Waals surface area (Å²) in [7, 11) is 0. The second kappa shape index (κ2) is 8.92. The van der Waals surface area contributed by atoms with Gasteiger partial charge in [-0.2, -0.15) is 4.99 Å². The number of hydrogen-bond acceptors (Lipinski definition) is 5. The van der Waals surface area contributed by atoms with E-state index in [1.165, 1.54) is 16.2 Å². The molecule has 9 heteroatoms. The maximum atomic E-state index is 11.0. The molecule has 0 unspecified atom stereocenters. The molecule has 150 valence electrons. The molecule has 2 aromatic rings. The number of hydrogen-bond donors (Lipinski definition) is 4. The summed E-state index contributed by atoms with van der Waals surface area (Å²) in [6.07, 6.45) is 1.78. The van der Waals surface area contributed by atoms with E-state index in [0.717, 1.165) is 47.6 Å². The number of benzene rings is 1. The molecule has 0 atom stereocenters. The molecule has 1 fully saturated rings. The van der Waals surface area contributed by atoms with Crippen LogP contribution in [0.25, 0.3) is 10.4 Å². The first-order valence-corrected chi connectivity index (χ1v) is 10.2. The molecule has 0 radical (unpaired) electrons. The van der Waals surface area contributed by atoms with Crippen LogP contribution in [-0.2, 0) is 6.42 Å². The van der Waals surface area contributed by atoms with Crippen molar-refractivity contribution < 1.29 is 9.90 Å².